The second-order valence-electron chi connectivity index (χ2n) is 7.25. The van der Waals surface area contributed by atoms with Crippen LogP contribution in [0.1, 0.15) is 43.2 Å². The average Bonchev–Trinajstić information content (AvgIpc) is 3.10. The van der Waals surface area contributed by atoms with Crippen molar-refractivity contribution in [3.8, 4) is 0 Å². The van der Waals surface area contributed by atoms with Gasteiger partial charge in [0.15, 0.2) is 14.6 Å². The first kappa shape index (κ1) is 22.7. The number of benzene rings is 1. The van der Waals surface area contributed by atoms with Gasteiger partial charge in [-0.1, -0.05) is 25.0 Å². The number of ether oxygens (including phenoxy) is 1. The molecule has 9 heteroatoms. The summed E-state index contributed by atoms with van der Waals surface area (Å²) in [6, 6.07) is 5.13. The van der Waals surface area contributed by atoms with Crippen LogP contribution in [0, 0.1) is 13.8 Å². The third kappa shape index (κ3) is 5.05. The molecular formula is C19H26F3NO4S. The van der Waals surface area contributed by atoms with Gasteiger partial charge in [0, 0.05) is 13.2 Å². The number of halogens is 3. The molecule has 0 atom stereocenters. The van der Waals surface area contributed by atoms with Gasteiger partial charge in [0.05, 0.1) is 4.90 Å². The highest BCUT2D eigenvalue weighted by Crippen LogP contribution is 2.41. The smallest absolute Gasteiger partial charge is 0.372 e. The Balaban J connectivity index is 2.08. The van der Waals surface area contributed by atoms with E-state index in [0.29, 0.717) is 18.4 Å². The van der Waals surface area contributed by atoms with Gasteiger partial charge < -0.3 is 10.1 Å². The van der Waals surface area contributed by atoms with Gasteiger partial charge in [-0.15, -0.1) is 0 Å². The first-order chi connectivity index (χ1) is 13.0. The van der Waals surface area contributed by atoms with Crippen LogP contribution >= 0.6 is 0 Å². The predicted molar refractivity (Wildman–Crippen MR) is 98.8 cm³/mol. The van der Waals surface area contributed by atoms with E-state index < -0.39 is 33.3 Å². The Morgan fingerprint density at radius 1 is 1.21 bits per heavy atom. The number of aryl methyl sites for hydroxylation is 2. The van der Waals surface area contributed by atoms with E-state index in [-0.39, 0.29) is 37.3 Å². The van der Waals surface area contributed by atoms with Gasteiger partial charge in [-0.05, 0) is 50.3 Å². The number of carbonyl (C=O) groups is 1. The molecule has 0 saturated heterocycles. The summed E-state index contributed by atoms with van der Waals surface area (Å²) in [6.07, 6.45) is -2.49. The van der Waals surface area contributed by atoms with Crippen LogP contribution in [0.3, 0.4) is 0 Å². The lowest BCUT2D eigenvalue weighted by molar-refractivity contribution is -0.174. The Hall–Kier alpha value is -1.61. The van der Waals surface area contributed by atoms with E-state index in [1.807, 2.05) is 6.07 Å². The van der Waals surface area contributed by atoms with Crippen molar-refractivity contribution in [2.24, 2.45) is 0 Å². The minimum atomic E-state index is -4.39. The van der Waals surface area contributed by atoms with Crippen molar-refractivity contribution in [3.05, 3.63) is 29.3 Å². The standard InChI is InChI=1S/C19H26F3NO4S/c1-14-6-7-15(2)16(12-14)28(25,26)18(8-3-4-9-18)17(24)23-10-5-11-27-13-19(20,21)22/h6-7,12H,3-5,8-11,13H2,1-2H3,(H,23,24). The van der Waals surface area contributed by atoms with Crippen LogP contribution < -0.4 is 5.32 Å². The lowest BCUT2D eigenvalue weighted by Gasteiger charge is -2.28. The number of rotatable bonds is 8. The van der Waals surface area contributed by atoms with Gasteiger partial charge in [-0.3, -0.25) is 4.79 Å². The Bertz CT molecular complexity index is 800. The van der Waals surface area contributed by atoms with Crippen LogP contribution in [-0.4, -0.2) is 45.0 Å². The SMILES string of the molecule is Cc1ccc(C)c(S(=O)(=O)C2(C(=O)NCCCOCC(F)(F)F)CCCC2)c1. The highest BCUT2D eigenvalue weighted by atomic mass is 32.2. The van der Waals surface area contributed by atoms with Gasteiger partial charge >= 0.3 is 6.18 Å². The number of hydrogen-bond acceptors (Lipinski definition) is 4. The quantitative estimate of drug-likeness (QED) is 0.653. The molecule has 0 radical (unpaired) electrons. The fourth-order valence-electron chi connectivity index (χ4n) is 3.50. The summed E-state index contributed by atoms with van der Waals surface area (Å²) < 4.78 is 65.9. The summed E-state index contributed by atoms with van der Waals surface area (Å²) >= 11 is 0. The lowest BCUT2D eigenvalue weighted by Crippen LogP contribution is -2.51. The van der Waals surface area contributed by atoms with E-state index >= 15 is 0 Å². The van der Waals surface area contributed by atoms with Crippen LogP contribution in [0.2, 0.25) is 0 Å². The predicted octanol–water partition coefficient (Wildman–Crippen LogP) is 3.48. The Kier molecular flexibility index (Phi) is 7.14. The molecule has 0 unspecified atom stereocenters. The first-order valence-corrected chi connectivity index (χ1v) is 10.7. The number of alkyl halides is 3. The molecule has 5 nitrogen and oxygen atoms in total. The van der Waals surface area contributed by atoms with Gasteiger partial charge in [0.25, 0.3) is 0 Å². The van der Waals surface area contributed by atoms with Crippen LogP contribution in [0.4, 0.5) is 13.2 Å². The molecular weight excluding hydrogens is 395 g/mol. The highest BCUT2D eigenvalue weighted by Gasteiger charge is 2.53. The molecule has 0 spiro atoms. The summed E-state index contributed by atoms with van der Waals surface area (Å²) in [4.78, 5) is 13.0. The number of nitrogens with one attached hydrogen (secondary N) is 1. The van der Waals surface area contributed by atoms with E-state index in [9.17, 15) is 26.4 Å². The number of hydrogen-bond donors (Lipinski definition) is 1. The summed E-state index contributed by atoms with van der Waals surface area (Å²) in [5.74, 6) is -0.582. The van der Waals surface area contributed by atoms with Crippen molar-refractivity contribution in [1.29, 1.82) is 0 Å². The fourth-order valence-corrected chi connectivity index (χ4v) is 5.89. The molecule has 0 bridgehead atoms. The van der Waals surface area contributed by atoms with Crippen LogP contribution in [0.5, 0.6) is 0 Å². The Labute approximate surface area is 163 Å². The Morgan fingerprint density at radius 2 is 1.86 bits per heavy atom. The number of amides is 1. The molecule has 1 N–H and O–H groups in total. The minimum absolute atomic E-state index is 0.0563. The van der Waals surface area contributed by atoms with Crippen molar-refractivity contribution in [3.63, 3.8) is 0 Å². The molecule has 158 valence electrons. The molecule has 0 aromatic heterocycles. The molecule has 0 heterocycles. The number of sulfone groups is 1. The molecule has 2 rings (SSSR count). The van der Waals surface area contributed by atoms with Crippen LogP contribution in [0.25, 0.3) is 0 Å². The number of carbonyl (C=O) groups excluding carboxylic acids is 1. The van der Waals surface area contributed by atoms with Gasteiger partial charge in [-0.25, -0.2) is 8.42 Å². The summed E-state index contributed by atoms with van der Waals surface area (Å²) in [5, 5.41) is 2.59. The van der Waals surface area contributed by atoms with Crippen molar-refractivity contribution in [2.45, 2.75) is 61.8 Å². The van der Waals surface area contributed by atoms with E-state index in [2.05, 4.69) is 10.1 Å². The molecule has 1 aliphatic carbocycles. The summed E-state index contributed by atoms with van der Waals surface area (Å²) in [7, 11) is -3.91. The van der Waals surface area contributed by atoms with Crippen LogP contribution in [0.15, 0.2) is 23.1 Å². The molecule has 1 aliphatic rings. The third-order valence-corrected chi connectivity index (χ3v) is 7.63. The summed E-state index contributed by atoms with van der Waals surface area (Å²) in [5.41, 5.74) is 1.38. The minimum Gasteiger partial charge on any atom is -0.372 e. The zero-order valence-corrected chi connectivity index (χ0v) is 16.9. The van der Waals surface area contributed by atoms with E-state index in [0.717, 1.165) is 5.56 Å². The first-order valence-electron chi connectivity index (χ1n) is 9.24. The fraction of sp³-hybridized carbons (Fsp3) is 0.632. The zero-order valence-electron chi connectivity index (χ0n) is 16.1. The maximum atomic E-state index is 13.4. The van der Waals surface area contributed by atoms with E-state index in [1.54, 1.807) is 26.0 Å². The molecule has 1 fully saturated rings. The van der Waals surface area contributed by atoms with Crippen molar-refractivity contribution in [2.75, 3.05) is 19.8 Å². The van der Waals surface area contributed by atoms with Gasteiger partial charge in [0.1, 0.15) is 6.61 Å². The molecule has 28 heavy (non-hydrogen) atoms. The van der Waals surface area contributed by atoms with Gasteiger partial charge in [0.2, 0.25) is 5.91 Å². The molecule has 1 amide bonds. The topological polar surface area (TPSA) is 72.5 Å². The lowest BCUT2D eigenvalue weighted by atomic mass is 10.1. The summed E-state index contributed by atoms with van der Waals surface area (Å²) in [6.45, 7) is 2.04. The molecule has 1 aromatic carbocycles. The Morgan fingerprint density at radius 3 is 2.46 bits per heavy atom. The van der Waals surface area contributed by atoms with Crippen LogP contribution in [-0.2, 0) is 19.4 Å². The molecule has 1 saturated carbocycles. The van der Waals surface area contributed by atoms with E-state index in [4.69, 9.17) is 0 Å². The van der Waals surface area contributed by atoms with E-state index in [1.165, 1.54) is 0 Å². The highest BCUT2D eigenvalue weighted by molar-refractivity contribution is 7.93. The normalized spacial score (nSPS) is 16.9. The maximum absolute atomic E-state index is 13.4. The van der Waals surface area contributed by atoms with Crippen molar-refractivity contribution >= 4 is 15.7 Å². The average molecular weight is 421 g/mol. The second kappa shape index (κ2) is 8.82. The van der Waals surface area contributed by atoms with Crippen molar-refractivity contribution in [1.82, 2.24) is 5.32 Å². The van der Waals surface area contributed by atoms with Crippen molar-refractivity contribution < 1.29 is 31.1 Å². The second-order valence-corrected chi connectivity index (χ2v) is 9.48. The monoisotopic (exact) mass is 421 g/mol. The maximum Gasteiger partial charge on any atom is 0.411 e. The largest absolute Gasteiger partial charge is 0.411 e. The third-order valence-electron chi connectivity index (χ3n) is 4.99. The molecule has 1 aromatic rings. The zero-order chi connectivity index (χ0) is 21.0. The molecule has 0 aliphatic heterocycles. The van der Waals surface area contributed by atoms with Gasteiger partial charge in [-0.2, -0.15) is 13.2 Å².